The summed E-state index contributed by atoms with van der Waals surface area (Å²) in [6.07, 6.45) is 2.96. The van der Waals surface area contributed by atoms with Crippen molar-refractivity contribution < 1.29 is 9.53 Å². The first kappa shape index (κ1) is 16.8. The fourth-order valence-electron chi connectivity index (χ4n) is 3.68. The lowest BCUT2D eigenvalue weighted by Crippen LogP contribution is -2.30. The molecule has 0 N–H and O–H groups in total. The summed E-state index contributed by atoms with van der Waals surface area (Å²) in [5.41, 5.74) is 1.67. The molecule has 0 heterocycles. The van der Waals surface area contributed by atoms with Gasteiger partial charge in [-0.25, -0.2) is 0 Å². The Morgan fingerprint density at radius 1 is 1.08 bits per heavy atom. The summed E-state index contributed by atoms with van der Waals surface area (Å²) in [4.78, 5) is 12.9. The predicted molar refractivity (Wildman–Crippen MR) is 97.8 cm³/mol. The Morgan fingerprint density at radius 2 is 1.75 bits per heavy atom. The van der Waals surface area contributed by atoms with Gasteiger partial charge in [-0.15, -0.1) is 0 Å². The number of hydrogen-bond donors (Lipinski definition) is 0. The average molecular weight is 322 g/mol. The second kappa shape index (κ2) is 6.80. The van der Waals surface area contributed by atoms with E-state index in [-0.39, 0.29) is 11.4 Å². The minimum absolute atomic E-state index is 0.0889. The maximum Gasteiger partial charge on any atom is 0.317 e. The Hall–Kier alpha value is -2.09. The molecule has 2 aromatic rings. The monoisotopic (exact) mass is 322 g/mol. The molecule has 0 amide bonds. The molecule has 2 aromatic carbocycles. The highest BCUT2D eigenvalue weighted by Crippen LogP contribution is 2.45. The molecule has 1 aliphatic rings. The van der Waals surface area contributed by atoms with Crippen LogP contribution in [0, 0.1) is 17.3 Å². The number of benzene rings is 2. The van der Waals surface area contributed by atoms with Gasteiger partial charge in [0.15, 0.2) is 0 Å². The van der Waals surface area contributed by atoms with Crippen molar-refractivity contribution in [2.75, 3.05) is 0 Å². The van der Waals surface area contributed by atoms with Gasteiger partial charge in [-0.2, -0.15) is 0 Å². The quantitative estimate of drug-likeness (QED) is 0.531. The Morgan fingerprint density at radius 3 is 2.42 bits per heavy atom. The van der Waals surface area contributed by atoms with Crippen LogP contribution in [0.25, 0.3) is 11.1 Å². The van der Waals surface area contributed by atoms with Crippen molar-refractivity contribution in [3.05, 3.63) is 54.6 Å². The van der Waals surface area contributed by atoms with E-state index in [9.17, 15) is 4.79 Å². The fraction of sp³-hybridized carbons (Fsp3) is 0.409. The Bertz CT molecular complexity index is 705. The molecule has 126 valence electrons. The van der Waals surface area contributed by atoms with Crippen molar-refractivity contribution in [1.82, 2.24) is 0 Å². The minimum Gasteiger partial charge on any atom is -0.425 e. The third-order valence-corrected chi connectivity index (χ3v) is 5.39. The van der Waals surface area contributed by atoms with Crippen LogP contribution < -0.4 is 4.74 Å². The third kappa shape index (κ3) is 3.38. The first-order valence-corrected chi connectivity index (χ1v) is 8.86. The van der Waals surface area contributed by atoms with Gasteiger partial charge in [0.25, 0.3) is 0 Å². The van der Waals surface area contributed by atoms with Crippen LogP contribution in [0.4, 0.5) is 0 Å². The summed E-state index contributed by atoms with van der Waals surface area (Å²) in [6.45, 7) is 6.54. The number of rotatable bonds is 4. The van der Waals surface area contributed by atoms with Crippen LogP contribution >= 0.6 is 0 Å². The average Bonchev–Trinajstić information content (AvgIpc) is 3.00. The van der Waals surface area contributed by atoms with Crippen LogP contribution in [0.15, 0.2) is 54.6 Å². The van der Waals surface area contributed by atoms with Gasteiger partial charge in [-0.05, 0) is 49.7 Å². The van der Waals surface area contributed by atoms with Crippen molar-refractivity contribution in [2.45, 2.75) is 40.0 Å². The van der Waals surface area contributed by atoms with Gasteiger partial charge < -0.3 is 4.74 Å². The highest BCUT2D eigenvalue weighted by molar-refractivity contribution is 5.82. The standard InChI is InChI=1S/C22H26O2/c1-16(2)18-13-14-22(3,15-18)21(23)24-20-12-8-7-11-19(20)17-9-5-4-6-10-17/h4-12,16,18H,13-15H2,1-3H3/t18-,22+/m0/s1. The Kier molecular flexibility index (Phi) is 4.75. The van der Waals surface area contributed by atoms with E-state index in [4.69, 9.17) is 4.74 Å². The van der Waals surface area contributed by atoms with E-state index in [1.54, 1.807) is 0 Å². The molecule has 1 aliphatic carbocycles. The number of hydrogen-bond acceptors (Lipinski definition) is 2. The Balaban J connectivity index is 1.81. The summed E-state index contributed by atoms with van der Waals surface area (Å²) in [6, 6.07) is 17.9. The predicted octanol–water partition coefficient (Wildman–Crippen LogP) is 5.72. The van der Waals surface area contributed by atoms with Gasteiger partial charge in [0.05, 0.1) is 5.41 Å². The molecule has 0 saturated heterocycles. The molecular formula is C22H26O2. The highest BCUT2D eigenvalue weighted by atomic mass is 16.5. The molecule has 1 saturated carbocycles. The fourth-order valence-corrected chi connectivity index (χ4v) is 3.68. The van der Waals surface area contributed by atoms with Crippen molar-refractivity contribution >= 4 is 5.97 Å². The third-order valence-electron chi connectivity index (χ3n) is 5.39. The van der Waals surface area contributed by atoms with E-state index in [0.29, 0.717) is 17.6 Å². The number of ether oxygens (including phenoxy) is 1. The van der Waals surface area contributed by atoms with Crippen LogP contribution in [0.3, 0.4) is 0 Å². The minimum atomic E-state index is -0.362. The molecule has 0 unspecified atom stereocenters. The van der Waals surface area contributed by atoms with E-state index in [2.05, 4.69) is 20.8 Å². The first-order chi connectivity index (χ1) is 11.5. The molecule has 0 radical (unpaired) electrons. The molecular weight excluding hydrogens is 296 g/mol. The van der Waals surface area contributed by atoms with Crippen molar-refractivity contribution in [3.63, 3.8) is 0 Å². The van der Waals surface area contributed by atoms with Gasteiger partial charge in [-0.1, -0.05) is 62.4 Å². The number of carbonyl (C=O) groups is 1. The molecule has 2 heteroatoms. The van der Waals surface area contributed by atoms with Crippen molar-refractivity contribution in [2.24, 2.45) is 17.3 Å². The van der Waals surface area contributed by atoms with Gasteiger partial charge in [0.2, 0.25) is 0 Å². The van der Waals surface area contributed by atoms with Crippen LogP contribution in [-0.4, -0.2) is 5.97 Å². The van der Waals surface area contributed by atoms with Gasteiger partial charge in [0.1, 0.15) is 5.75 Å². The molecule has 0 spiro atoms. The topological polar surface area (TPSA) is 26.3 Å². The second-order valence-electron chi connectivity index (χ2n) is 7.56. The van der Waals surface area contributed by atoms with Crippen molar-refractivity contribution in [3.8, 4) is 16.9 Å². The van der Waals surface area contributed by atoms with Crippen LogP contribution in [-0.2, 0) is 4.79 Å². The molecule has 2 nitrogen and oxygen atoms in total. The largest absolute Gasteiger partial charge is 0.425 e. The van der Waals surface area contributed by atoms with E-state index >= 15 is 0 Å². The van der Waals surface area contributed by atoms with E-state index in [1.807, 2.05) is 54.6 Å². The molecule has 1 fully saturated rings. The highest BCUT2D eigenvalue weighted by Gasteiger charge is 2.43. The van der Waals surface area contributed by atoms with Gasteiger partial charge in [-0.3, -0.25) is 4.79 Å². The first-order valence-electron chi connectivity index (χ1n) is 8.86. The lowest BCUT2D eigenvalue weighted by atomic mass is 9.85. The zero-order valence-corrected chi connectivity index (χ0v) is 14.8. The summed E-state index contributed by atoms with van der Waals surface area (Å²) in [5.74, 6) is 1.81. The van der Waals surface area contributed by atoms with E-state index < -0.39 is 0 Å². The number of carbonyl (C=O) groups excluding carboxylic acids is 1. The molecule has 0 aromatic heterocycles. The summed E-state index contributed by atoms with van der Waals surface area (Å²) in [7, 11) is 0. The maximum atomic E-state index is 12.9. The summed E-state index contributed by atoms with van der Waals surface area (Å²) < 4.78 is 5.88. The lowest BCUT2D eigenvalue weighted by Gasteiger charge is -2.23. The summed E-state index contributed by atoms with van der Waals surface area (Å²) >= 11 is 0. The van der Waals surface area contributed by atoms with Crippen LogP contribution in [0.2, 0.25) is 0 Å². The van der Waals surface area contributed by atoms with Gasteiger partial charge >= 0.3 is 5.97 Å². The number of esters is 1. The molecule has 2 atom stereocenters. The lowest BCUT2D eigenvalue weighted by molar-refractivity contribution is -0.144. The molecule has 0 bridgehead atoms. The normalized spacial score (nSPS) is 23.4. The zero-order chi connectivity index (χ0) is 17.2. The summed E-state index contributed by atoms with van der Waals surface area (Å²) in [5, 5.41) is 0. The molecule has 3 rings (SSSR count). The van der Waals surface area contributed by atoms with Crippen LogP contribution in [0.5, 0.6) is 5.75 Å². The maximum absolute atomic E-state index is 12.9. The smallest absolute Gasteiger partial charge is 0.317 e. The number of para-hydroxylation sites is 1. The van der Waals surface area contributed by atoms with Crippen LogP contribution in [0.1, 0.15) is 40.0 Å². The zero-order valence-electron chi connectivity index (χ0n) is 14.8. The second-order valence-corrected chi connectivity index (χ2v) is 7.56. The molecule has 0 aliphatic heterocycles. The van der Waals surface area contributed by atoms with Crippen molar-refractivity contribution in [1.29, 1.82) is 0 Å². The SMILES string of the molecule is CC(C)[C@H]1CC[C@@](C)(C(=O)Oc2ccccc2-c2ccccc2)C1. The Labute approximate surface area is 144 Å². The van der Waals surface area contributed by atoms with E-state index in [0.717, 1.165) is 30.4 Å². The van der Waals surface area contributed by atoms with Gasteiger partial charge in [0, 0.05) is 5.56 Å². The van der Waals surface area contributed by atoms with E-state index in [1.165, 1.54) is 0 Å². The molecule has 24 heavy (non-hydrogen) atoms.